The lowest BCUT2D eigenvalue weighted by Gasteiger charge is -2.29. The van der Waals surface area contributed by atoms with Crippen LogP contribution in [0.1, 0.15) is 34.5 Å². The predicted octanol–water partition coefficient (Wildman–Crippen LogP) is 3.74. The van der Waals surface area contributed by atoms with E-state index in [-0.39, 0.29) is 17.6 Å². The molecule has 2 bridgehead atoms. The van der Waals surface area contributed by atoms with Crippen LogP contribution < -0.4 is 5.32 Å². The molecule has 6 heteroatoms. The molecule has 2 aromatic heterocycles. The summed E-state index contributed by atoms with van der Waals surface area (Å²) in [5, 5.41) is 4.29. The van der Waals surface area contributed by atoms with Crippen LogP contribution in [-0.4, -0.2) is 42.1 Å². The molecular formula is C24H26N2O4. The maximum absolute atomic E-state index is 12.4. The van der Waals surface area contributed by atoms with Crippen molar-refractivity contribution in [3.05, 3.63) is 59.7 Å². The van der Waals surface area contributed by atoms with E-state index in [1.165, 1.54) is 23.5 Å². The van der Waals surface area contributed by atoms with Crippen LogP contribution in [0.25, 0.3) is 11.0 Å². The summed E-state index contributed by atoms with van der Waals surface area (Å²) < 4.78 is 17.7. The standard InChI is InChI=1S/C24H26N2O4/c1-15-17-4-2-3-5-20(17)29-22(15)12-26-11-19-18(21-6-8-24(19,14-26)30-21)10-25-23(27)16-7-9-28-13-16/h2-5,7,9,13,18-19,21H,6,8,10-12,14H2,1H3,(H,25,27)/t18-,19+,21+,24+/m0/s1. The molecule has 0 unspecified atom stereocenters. The van der Waals surface area contributed by atoms with Crippen LogP contribution in [0.2, 0.25) is 0 Å². The number of rotatable bonds is 5. The lowest BCUT2D eigenvalue weighted by atomic mass is 9.73. The molecule has 6 rings (SSSR count). The van der Waals surface area contributed by atoms with Crippen molar-refractivity contribution >= 4 is 16.9 Å². The van der Waals surface area contributed by atoms with Crippen LogP contribution in [0.15, 0.2) is 51.7 Å². The Morgan fingerprint density at radius 3 is 3.03 bits per heavy atom. The fourth-order valence-electron chi connectivity index (χ4n) is 5.97. The van der Waals surface area contributed by atoms with Crippen LogP contribution in [0.3, 0.4) is 0 Å². The first-order chi connectivity index (χ1) is 14.6. The minimum Gasteiger partial charge on any atom is -0.472 e. The lowest BCUT2D eigenvalue weighted by molar-refractivity contribution is 0.00169. The van der Waals surface area contributed by atoms with E-state index in [1.807, 2.05) is 12.1 Å². The van der Waals surface area contributed by atoms with E-state index < -0.39 is 0 Å². The van der Waals surface area contributed by atoms with Crippen molar-refractivity contribution in [1.29, 1.82) is 0 Å². The predicted molar refractivity (Wildman–Crippen MR) is 111 cm³/mol. The number of carbonyl (C=O) groups excluding carboxylic acids is 1. The number of likely N-dealkylation sites (tertiary alicyclic amines) is 1. The molecule has 3 aromatic rings. The van der Waals surface area contributed by atoms with Gasteiger partial charge in [-0.1, -0.05) is 18.2 Å². The molecule has 6 nitrogen and oxygen atoms in total. The molecule has 1 amide bonds. The number of hydrogen-bond donors (Lipinski definition) is 1. The average Bonchev–Trinajstić information content (AvgIpc) is 3.54. The van der Waals surface area contributed by atoms with Gasteiger partial charge in [0.2, 0.25) is 0 Å². The van der Waals surface area contributed by atoms with Crippen LogP contribution in [-0.2, 0) is 11.3 Å². The molecule has 3 aliphatic heterocycles. The second kappa shape index (κ2) is 6.72. The zero-order valence-electron chi connectivity index (χ0n) is 17.1. The van der Waals surface area contributed by atoms with Crippen molar-refractivity contribution in [2.24, 2.45) is 11.8 Å². The molecule has 0 aliphatic carbocycles. The molecule has 1 N–H and O–H groups in total. The van der Waals surface area contributed by atoms with Gasteiger partial charge in [-0.3, -0.25) is 9.69 Å². The maximum Gasteiger partial charge on any atom is 0.254 e. The third-order valence-corrected chi connectivity index (χ3v) is 7.45. The van der Waals surface area contributed by atoms with E-state index in [1.54, 1.807) is 6.07 Å². The minimum atomic E-state index is -0.0756. The van der Waals surface area contributed by atoms with E-state index in [0.717, 1.165) is 43.8 Å². The number of aryl methyl sites for hydroxylation is 1. The number of benzene rings is 1. The van der Waals surface area contributed by atoms with Gasteiger partial charge in [-0.05, 0) is 37.5 Å². The van der Waals surface area contributed by atoms with Crippen molar-refractivity contribution < 1.29 is 18.4 Å². The second-order valence-corrected chi connectivity index (χ2v) is 9.07. The Hall–Kier alpha value is -2.57. The molecule has 1 spiro atoms. The third-order valence-electron chi connectivity index (χ3n) is 7.45. The first-order valence-electron chi connectivity index (χ1n) is 10.8. The van der Waals surface area contributed by atoms with Crippen molar-refractivity contribution in [2.75, 3.05) is 19.6 Å². The SMILES string of the molecule is Cc1c(CN2C[C@@H]3[C@H](CNC(=O)c4ccoc4)[C@H]4CC[C@]3(C2)O4)oc2ccccc12. The highest BCUT2D eigenvalue weighted by molar-refractivity contribution is 5.93. The Morgan fingerprint density at radius 2 is 2.20 bits per heavy atom. The number of nitrogens with zero attached hydrogens (tertiary/aromatic N) is 1. The number of nitrogens with one attached hydrogen (secondary N) is 1. The molecule has 4 atom stereocenters. The fourth-order valence-corrected chi connectivity index (χ4v) is 5.97. The average molecular weight is 406 g/mol. The fraction of sp³-hybridized carbons (Fsp3) is 0.458. The summed E-state index contributed by atoms with van der Waals surface area (Å²) in [5.41, 5.74) is 2.70. The first kappa shape index (κ1) is 18.2. The zero-order valence-corrected chi connectivity index (χ0v) is 17.1. The van der Waals surface area contributed by atoms with E-state index in [2.05, 4.69) is 29.3 Å². The summed E-state index contributed by atoms with van der Waals surface area (Å²) in [6.07, 6.45) is 5.47. The van der Waals surface area contributed by atoms with Gasteiger partial charge in [0, 0.05) is 36.9 Å². The highest BCUT2D eigenvalue weighted by Gasteiger charge is 2.62. The van der Waals surface area contributed by atoms with E-state index in [9.17, 15) is 4.79 Å². The lowest BCUT2D eigenvalue weighted by Crippen LogP contribution is -2.41. The Labute approximate surface area is 175 Å². The summed E-state index contributed by atoms with van der Waals surface area (Å²) in [6, 6.07) is 9.93. The molecule has 3 saturated heterocycles. The molecule has 30 heavy (non-hydrogen) atoms. The Balaban J connectivity index is 1.17. The van der Waals surface area contributed by atoms with Gasteiger partial charge in [-0.15, -0.1) is 0 Å². The van der Waals surface area contributed by atoms with E-state index in [4.69, 9.17) is 13.6 Å². The number of ether oxygens (including phenoxy) is 1. The van der Waals surface area contributed by atoms with Gasteiger partial charge in [0.05, 0.1) is 30.1 Å². The summed E-state index contributed by atoms with van der Waals surface area (Å²) in [5.74, 6) is 1.78. The van der Waals surface area contributed by atoms with Gasteiger partial charge >= 0.3 is 0 Å². The summed E-state index contributed by atoms with van der Waals surface area (Å²) in [7, 11) is 0. The highest BCUT2D eigenvalue weighted by atomic mass is 16.5. The van der Waals surface area contributed by atoms with Gasteiger partial charge in [0.1, 0.15) is 17.6 Å². The molecule has 5 heterocycles. The molecule has 0 saturated carbocycles. The maximum atomic E-state index is 12.4. The van der Waals surface area contributed by atoms with E-state index >= 15 is 0 Å². The quantitative estimate of drug-likeness (QED) is 0.699. The second-order valence-electron chi connectivity index (χ2n) is 9.07. The number of hydrogen-bond acceptors (Lipinski definition) is 5. The largest absolute Gasteiger partial charge is 0.472 e. The number of fused-ring (bicyclic) bond motifs is 2. The van der Waals surface area contributed by atoms with Crippen LogP contribution in [0.4, 0.5) is 0 Å². The van der Waals surface area contributed by atoms with Crippen LogP contribution >= 0.6 is 0 Å². The molecule has 1 aromatic carbocycles. The normalized spacial score (nSPS) is 30.2. The van der Waals surface area contributed by atoms with Gasteiger partial charge in [0.25, 0.3) is 5.91 Å². The van der Waals surface area contributed by atoms with Crippen molar-refractivity contribution in [1.82, 2.24) is 10.2 Å². The molecule has 3 aliphatic rings. The molecule has 156 valence electrons. The van der Waals surface area contributed by atoms with Crippen LogP contribution in [0.5, 0.6) is 0 Å². The Bertz CT molecular complexity index is 1090. The smallest absolute Gasteiger partial charge is 0.254 e. The van der Waals surface area contributed by atoms with Gasteiger partial charge in [-0.2, -0.15) is 0 Å². The Morgan fingerprint density at radius 1 is 1.30 bits per heavy atom. The third kappa shape index (κ3) is 2.74. The van der Waals surface area contributed by atoms with Crippen molar-refractivity contribution in [2.45, 2.75) is 38.0 Å². The summed E-state index contributed by atoms with van der Waals surface area (Å²) >= 11 is 0. The molecular weight excluding hydrogens is 380 g/mol. The molecule has 0 radical (unpaired) electrons. The van der Waals surface area contributed by atoms with Crippen molar-refractivity contribution in [3.8, 4) is 0 Å². The van der Waals surface area contributed by atoms with Gasteiger partial charge in [0.15, 0.2) is 0 Å². The van der Waals surface area contributed by atoms with Gasteiger partial charge in [-0.25, -0.2) is 0 Å². The van der Waals surface area contributed by atoms with Crippen molar-refractivity contribution in [3.63, 3.8) is 0 Å². The number of carbonyl (C=O) groups is 1. The first-order valence-corrected chi connectivity index (χ1v) is 10.8. The number of para-hydroxylation sites is 1. The number of furan rings is 2. The van der Waals surface area contributed by atoms with E-state index in [0.29, 0.717) is 23.9 Å². The van der Waals surface area contributed by atoms with Gasteiger partial charge < -0.3 is 18.9 Å². The molecule has 3 fully saturated rings. The summed E-state index contributed by atoms with van der Waals surface area (Å²) in [6.45, 7) is 5.53. The zero-order chi connectivity index (χ0) is 20.3. The number of amides is 1. The Kier molecular flexibility index (Phi) is 4.08. The minimum absolute atomic E-state index is 0.0599. The topological polar surface area (TPSA) is 67.9 Å². The monoisotopic (exact) mass is 406 g/mol. The highest BCUT2D eigenvalue weighted by Crippen LogP contribution is 2.54. The summed E-state index contributed by atoms with van der Waals surface area (Å²) in [4.78, 5) is 14.8. The van der Waals surface area contributed by atoms with Crippen LogP contribution in [0, 0.1) is 18.8 Å².